The topological polar surface area (TPSA) is 40.5 Å². The van der Waals surface area contributed by atoms with Crippen LogP contribution in [0.5, 0.6) is 5.75 Å². The second-order valence-electron chi connectivity index (χ2n) is 7.09. The largest absolute Gasteiger partial charge is 0.507 e. The Bertz CT molecular complexity index is 425. The molecule has 1 rings (SSSR count). The lowest BCUT2D eigenvalue weighted by atomic mass is 9.71. The second-order valence-corrected chi connectivity index (χ2v) is 7.09. The summed E-state index contributed by atoms with van der Waals surface area (Å²) in [5.74, 6) is 0.362. The van der Waals surface area contributed by atoms with Gasteiger partial charge in [-0.2, -0.15) is 0 Å². The molecule has 2 N–H and O–H groups in total. The Labute approximate surface area is 111 Å². The first kappa shape index (κ1) is 15.0. The Kier molecular flexibility index (Phi) is 4.12. The third-order valence-electron chi connectivity index (χ3n) is 3.24. The molecular formula is C16H26O2. The molecule has 0 saturated heterocycles. The fraction of sp³-hybridized carbons (Fsp3) is 0.625. The molecular weight excluding hydrogens is 224 g/mol. The van der Waals surface area contributed by atoms with Gasteiger partial charge >= 0.3 is 0 Å². The molecule has 0 atom stereocenters. The zero-order valence-corrected chi connectivity index (χ0v) is 12.5. The molecule has 0 aliphatic rings. The molecule has 1 aromatic carbocycles. The number of aryl methyl sites for hydroxylation is 1. The summed E-state index contributed by atoms with van der Waals surface area (Å²) in [7, 11) is 0. The number of aromatic hydroxyl groups is 1. The highest BCUT2D eigenvalue weighted by molar-refractivity contribution is 5.46. The van der Waals surface area contributed by atoms with Crippen molar-refractivity contribution >= 4 is 0 Å². The second kappa shape index (κ2) is 4.93. The lowest BCUT2D eigenvalue weighted by molar-refractivity contribution is 0.273. The molecule has 0 fully saturated rings. The Morgan fingerprint density at radius 1 is 1.06 bits per heavy atom. The van der Waals surface area contributed by atoms with Crippen molar-refractivity contribution in [1.82, 2.24) is 0 Å². The minimum atomic E-state index is -0.113. The van der Waals surface area contributed by atoms with Crippen LogP contribution in [-0.4, -0.2) is 10.2 Å². The minimum absolute atomic E-state index is 0.0136. The number of hydrogen-bond donors (Lipinski definition) is 2. The average molecular weight is 250 g/mol. The standard InChI is InChI=1S/C16H26O2/c1-11-7-12(9-17)8-13(14(11)18)16(5,6)10-15(2,3)4/h7-8,17-18H,9-10H2,1-6H3. The van der Waals surface area contributed by atoms with E-state index in [1.165, 1.54) is 0 Å². The van der Waals surface area contributed by atoms with E-state index in [0.717, 1.165) is 23.1 Å². The quantitative estimate of drug-likeness (QED) is 0.854. The van der Waals surface area contributed by atoms with Crippen LogP contribution < -0.4 is 0 Å². The van der Waals surface area contributed by atoms with Gasteiger partial charge in [0.15, 0.2) is 0 Å². The fourth-order valence-electron chi connectivity index (χ4n) is 2.88. The van der Waals surface area contributed by atoms with Crippen LogP contribution in [0.4, 0.5) is 0 Å². The summed E-state index contributed by atoms with van der Waals surface area (Å²) in [6.45, 7) is 12.8. The van der Waals surface area contributed by atoms with Crippen LogP contribution in [0.15, 0.2) is 12.1 Å². The highest BCUT2D eigenvalue weighted by Gasteiger charge is 2.30. The van der Waals surface area contributed by atoms with Gasteiger partial charge in [-0.1, -0.05) is 40.7 Å². The van der Waals surface area contributed by atoms with Crippen molar-refractivity contribution in [2.24, 2.45) is 5.41 Å². The molecule has 2 nitrogen and oxygen atoms in total. The molecule has 0 amide bonds. The number of aliphatic hydroxyl groups excluding tert-OH is 1. The molecule has 2 heteroatoms. The number of phenols is 1. The van der Waals surface area contributed by atoms with Gasteiger partial charge in [0.25, 0.3) is 0 Å². The van der Waals surface area contributed by atoms with Gasteiger partial charge in [-0.3, -0.25) is 0 Å². The first-order chi connectivity index (χ1) is 8.07. The van der Waals surface area contributed by atoms with E-state index < -0.39 is 0 Å². The van der Waals surface area contributed by atoms with Crippen molar-refractivity contribution in [2.75, 3.05) is 0 Å². The number of phenolic OH excluding ortho intramolecular Hbond substituents is 1. The van der Waals surface area contributed by atoms with Crippen LogP contribution in [0.25, 0.3) is 0 Å². The van der Waals surface area contributed by atoms with Crippen molar-refractivity contribution in [3.05, 3.63) is 28.8 Å². The summed E-state index contributed by atoms with van der Waals surface area (Å²) in [5, 5.41) is 19.6. The zero-order chi connectivity index (χ0) is 14.1. The van der Waals surface area contributed by atoms with Crippen LogP contribution in [-0.2, 0) is 12.0 Å². The van der Waals surface area contributed by atoms with Crippen molar-refractivity contribution in [3.63, 3.8) is 0 Å². The van der Waals surface area contributed by atoms with E-state index in [0.29, 0.717) is 5.75 Å². The highest BCUT2D eigenvalue weighted by Crippen LogP contribution is 2.41. The average Bonchev–Trinajstić information content (AvgIpc) is 2.17. The maximum Gasteiger partial charge on any atom is 0.122 e. The number of benzene rings is 1. The van der Waals surface area contributed by atoms with Crippen LogP contribution in [0.2, 0.25) is 0 Å². The van der Waals surface area contributed by atoms with E-state index in [2.05, 4.69) is 34.6 Å². The van der Waals surface area contributed by atoms with E-state index in [-0.39, 0.29) is 17.4 Å². The van der Waals surface area contributed by atoms with Crippen LogP contribution in [0.3, 0.4) is 0 Å². The summed E-state index contributed by atoms with van der Waals surface area (Å²) in [6.07, 6.45) is 0.974. The number of aliphatic hydroxyl groups is 1. The molecule has 0 aliphatic carbocycles. The monoisotopic (exact) mass is 250 g/mol. The van der Waals surface area contributed by atoms with Gasteiger partial charge in [0.2, 0.25) is 0 Å². The van der Waals surface area contributed by atoms with E-state index in [1.54, 1.807) is 0 Å². The summed E-state index contributed by atoms with van der Waals surface area (Å²) < 4.78 is 0. The summed E-state index contributed by atoms with van der Waals surface area (Å²) in [4.78, 5) is 0. The van der Waals surface area contributed by atoms with Gasteiger partial charge in [-0.15, -0.1) is 0 Å². The maximum atomic E-state index is 10.3. The Morgan fingerprint density at radius 2 is 1.61 bits per heavy atom. The molecule has 0 radical (unpaired) electrons. The van der Waals surface area contributed by atoms with Crippen molar-refractivity contribution in [3.8, 4) is 5.75 Å². The first-order valence-corrected chi connectivity index (χ1v) is 6.51. The van der Waals surface area contributed by atoms with Crippen LogP contribution >= 0.6 is 0 Å². The normalized spacial score (nSPS) is 12.8. The van der Waals surface area contributed by atoms with E-state index in [9.17, 15) is 10.2 Å². The molecule has 0 aliphatic heterocycles. The van der Waals surface area contributed by atoms with Gasteiger partial charge in [0.1, 0.15) is 5.75 Å². The highest BCUT2D eigenvalue weighted by atomic mass is 16.3. The summed E-state index contributed by atoms with van der Waals surface area (Å²) in [6, 6.07) is 3.76. The zero-order valence-electron chi connectivity index (χ0n) is 12.5. The van der Waals surface area contributed by atoms with Gasteiger partial charge in [-0.25, -0.2) is 0 Å². The molecule has 0 spiro atoms. The molecule has 1 aromatic rings. The minimum Gasteiger partial charge on any atom is -0.507 e. The Balaban J connectivity index is 3.26. The fourth-order valence-corrected chi connectivity index (χ4v) is 2.88. The van der Waals surface area contributed by atoms with Gasteiger partial charge in [-0.05, 0) is 41.4 Å². The smallest absolute Gasteiger partial charge is 0.122 e. The molecule has 0 aromatic heterocycles. The van der Waals surface area contributed by atoms with Crippen LogP contribution in [0, 0.1) is 12.3 Å². The molecule has 0 heterocycles. The Morgan fingerprint density at radius 3 is 2.06 bits per heavy atom. The van der Waals surface area contributed by atoms with Gasteiger partial charge in [0.05, 0.1) is 6.61 Å². The summed E-state index contributed by atoms with van der Waals surface area (Å²) in [5.41, 5.74) is 2.71. The molecule has 18 heavy (non-hydrogen) atoms. The molecule has 102 valence electrons. The van der Waals surface area contributed by atoms with E-state index >= 15 is 0 Å². The molecule has 0 unspecified atom stereocenters. The SMILES string of the molecule is Cc1cc(CO)cc(C(C)(C)CC(C)(C)C)c1O. The third-order valence-corrected chi connectivity index (χ3v) is 3.24. The predicted octanol–water partition coefficient (Wildman–Crippen LogP) is 3.91. The number of rotatable bonds is 3. The molecule has 0 bridgehead atoms. The first-order valence-electron chi connectivity index (χ1n) is 6.51. The third kappa shape index (κ3) is 3.49. The predicted molar refractivity (Wildman–Crippen MR) is 75.9 cm³/mol. The van der Waals surface area contributed by atoms with Crippen LogP contribution in [0.1, 0.15) is 57.7 Å². The van der Waals surface area contributed by atoms with E-state index in [1.807, 2.05) is 19.1 Å². The number of hydrogen-bond acceptors (Lipinski definition) is 2. The Hall–Kier alpha value is -1.02. The maximum absolute atomic E-state index is 10.3. The lowest BCUT2D eigenvalue weighted by Gasteiger charge is -2.34. The van der Waals surface area contributed by atoms with E-state index in [4.69, 9.17) is 0 Å². The van der Waals surface area contributed by atoms with Gasteiger partial charge < -0.3 is 10.2 Å². The summed E-state index contributed by atoms with van der Waals surface area (Å²) >= 11 is 0. The van der Waals surface area contributed by atoms with Crippen molar-refractivity contribution in [1.29, 1.82) is 0 Å². The van der Waals surface area contributed by atoms with Gasteiger partial charge in [0, 0.05) is 5.56 Å². The molecule has 0 saturated carbocycles. The van der Waals surface area contributed by atoms with Crippen molar-refractivity contribution < 1.29 is 10.2 Å². The lowest BCUT2D eigenvalue weighted by Crippen LogP contribution is -2.25. The van der Waals surface area contributed by atoms with Crippen molar-refractivity contribution in [2.45, 2.75) is 60.0 Å².